The molecule has 1 aliphatic rings. The molecule has 0 radical (unpaired) electrons. The molecule has 0 aliphatic carbocycles. The molecule has 1 aliphatic heterocycles. The standard InChI is InChI=1S/C29H25Cl2FN4O4/c1-18-12-22(38-11-8-36-6-9-37-10-7-36)3-4-24(18)29-35-34-26(40-29)15-20-2-5-25(31)28(27(20)32)39-23-14-19(17-33)13-21(30)16-23/h2-5,12-14,16H,6-11,15H2,1H3. The molecule has 4 aromatic rings. The molecule has 0 amide bonds. The zero-order chi connectivity index (χ0) is 28.1. The molecule has 1 saturated heterocycles. The molecule has 1 fully saturated rings. The molecule has 0 N–H and O–H groups in total. The minimum absolute atomic E-state index is 0.0210. The van der Waals surface area contributed by atoms with Crippen molar-refractivity contribution in [1.82, 2.24) is 15.1 Å². The zero-order valence-electron chi connectivity index (χ0n) is 21.6. The highest BCUT2D eigenvalue weighted by atomic mass is 35.5. The van der Waals surface area contributed by atoms with Gasteiger partial charge in [0.05, 0.1) is 36.3 Å². The van der Waals surface area contributed by atoms with Crippen LogP contribution in [0.5, 0.6) is 17.2 Å². The first-order valence-electron chi connectivity index (χ1n) is 12.6. The van der Waals surface area contributed by atoms with Gasteiger partial charge in [0.2, 0.25) is 11.8 Å². The predicted octanol–water partition coefficient (Wildman–Crippen LogP) is 6.46. The summed E-state index contributed by atoms with van der Waals surface area (Å²) in [5, 5.41) is 17.8. The van der Waals surface area contributed by atoms with Crippen molar-refractivity contribution in [3.8, 4) is 34.8 Å². The highest BCUT2D eigenvalue weighted by molar-refractivity contribution is 6.32. The molecular formula is C29H25Cl2FN4O4. The summed E-state index contributed by atoms with van der Waals surface area (Å²) in [5.41, 5.74) is 2.19. The Morgan fingerprint density at radius 2 is 1.88 bits per heavy atom. The topological polar surface area (TPSA) is 93.6 Å². The minimum Gasteiger partial charge on any atom is -0.492 e. The number of aromatic nitrogens is 2. The highest BCUT2D eigenvalue weighted by Gasteiger charge is 2.19. The van der Waals surface area contributed by atoms with E-state index in [1.54, 1.807) is 0 Å². The number of rotatable bonds is 9. The third-order valence-corrected chi connectivity index (χ3v) is 6.88. The number of nitriles is 1. The maximum Gasteiger partial charge on any atom is 0.248 e. The second-order valence-corrected chi connectivity index (χ2v) is 10.0. The van der Waals surface area contributed by atoms with Crippen LogP contribution in [0.25, 0.3) is 11.5 Å². The van der Waals surface area contributed by atoms with Gasteiger partial charge in [0.15, 0.2) is 11.6 Å². The summed E-state index contributed by atoms with van der Waals surface area (Å²) in [6.45, 7) is 6.70. The number of morpholine rings is 1. The number of halogens is 3. The molecule has 40 heavy (non-hydrogen) atoms. The summed E-state index contributed by atoms with van der Waals surface area (Å²) in [4.78, 5) is 2.31. The van der Waals surface area contributed by atoms with Crippen LogP contribution in [-0.4, -0.2) is 54.6 Å². The predicted molar refractivity (Wildman–Crippen MR) is 148 cm³/mol. The van der Waals surface area contributed by atoms with E-state index in [2.05, 4.69) is 15.1 Å². The lowest BCUT2D eigenvalue weighted by atomic mass is 10.1. The Morgan fingerprint density at radius 1 is 1.05 bits per heavy atom. The first kappa shape index (κ1) is 27.9. The van der Waals surface area contributed by atoms with Crippen molar-refractivity contribution < 1.29 is 23.0 Å². The first-order valence-corrected chi connectivity index (χ1v) is 13.4. The molecule has 0 unspecified atom stereocenters. The van der Waals surface area contributed by atoms with E-state index in [1.807, 2.05) is 31.2 Å². The van der Waals surface area contributed by atoms with Crippen molar-refractivity contribution in [2.75, 3.05) is 39.5 Å². The summed E-state index contributed by atoms with van der Waals surface area (Å²) in [5.74, 6) is 0.617. The summed E-state index contributed by atoms with van der Waals surface area (Å²) in [7, 11) is 0. The van der Waals surface area contributed by atoms with Crippen LogP contribution in [0.2, 0.25) is 10.0 Å². The zero-order valence-corrected chi connectivity index (χ0v) is 23.1. The van der Waals surface area contributed by atoms with Crippen LogP contribution in [-0.2, 0) is 11.2 Å². The van der Waals surface area contributed by atoms with Crippen molar-refractivity contribution in [2.24, 2.45) is 0 Å². The first-order chi connectivity index (χ1) is 19.4. The van der Waals surface area contributed by atoms with Crippen LogP contribution in [0.1, 0.15) is 22.6 Å². The van der Waals surface area contributed by atoms with Crippen molar-refractivity contribution in [1.29, 1.82) is 5.26 Å². The van der Waals surface area contributed by atoms with Gasteiger partial charge < -0.3 is 18.6 Å². The molecule has 1 aromatic heterocycles. The Hall–Kier alpha value is -3.68. The van der Waals surface area contributed by atoms with Gasteiger partial charge in [0.1, 0.15) is 18.1 Å². The van der Waals surface area contributed by atoms with Gasteiger partial charge in [-0.2, -0.15) is 5.26 Å². The second kappa shape index (κ2) is 12.7. The summed E-state index contributed by atoms with van der Waals surface area (Å²) >= 11 is 12.3. The fraction of sp³-hybridized carbons (Fsp3) is 0.276. The Labute approximate surface area is 240 Å². The monoisotopic (exact) mass is 582 g/mol. The number of ether oxygens (including phenoxy) is 3. The van der Waals surface area contributed by atoms with Crippen LogP contribution in [0.3, 0.4) is 0 Å². The van der Waals surface area contributed by atoms with Crippen molar-refractivity contribution in [3.63, 3.8) is 0 Å². The normalized spacial score (nSPS) is 13.7. The molecule has 0 saturated carbocycles. The third-order valence-electron chi connectivity index (χ3n) is 6.37. The molecule has 2 heterocycles. The van der Waals surface area contributed by atoms with Gasteiger partial charge in [0, 0.05) is 35.8 Å². The van der Waals surface area contributed by atoms with Crippen LogP contribution in [0.15, 0.2) is 52.9 Å². The Balaban J connectivity index is 1.26. The van der Waals surface area contributed by atoms with Gasteiger partial charge in [-0.1, -0.05) is 29.3 Å². The van der Waals surface area contributed by atoms with E-state index in [-0.39, 0.29) is 45.0 Å². The minimum atomic E-state index is -0.680. The molecule has 5 rings (SSSR count). The molecule has 0 spiro atoms. The Morgan fingerprint density at radius 3 is 2.65 bits per heavy atom. The number of hydrogen-bond donors (Lipinski definition) is 0. The lowest BCUT2D eigenvalue weighted by Gasteiger charge is -2.26. The van der Waals surface area contributed by atoms with Gasteiger partial charge >= 0.3 is 0 Å². The maximum absolute atomic E-state index is 15.4. The fourth-order valence-electron chi connectivity index (χ4n) is 4.29. The molecule has 8 nitrogen and oxygen atoms in total. The average Bonchev–Trinajstić information content (AvgIpc) is 3.41. The SMILES string of the molecule is Cc1cc(OCCN2CCOCC2)ccc1-c1nnc(Cc2ccc(Cl)c(Oc3cc(Cl)cc(C#N)c3)c2F)o1. The Bertz CT molecular complexity index is 1550. The Kier molecular flexibility index (Phi) is 8.82. The average molecular weight is 583 g/mol. The summed E-state index contributed by atoms with van der Waals surface area (Å²) < 4.78 is 38.3. The van der Waals surface area contributed by atoms with Gasteiger partial charge in [-0.25, -0.2) is 4.39 Å². The van der Waals surface area contributed by atoms with E-state index in [4.69, 9.17) is 47.1 Å². The van der Waals surface area contributed by atoms with Crippen LogP contribution in [0.4, 0.5) is 4.39 Å². The molecule has 0 bridgehead atoms. The summed E-state index contributed by atoms with van der Waals surface area (Å²) in [6.07, 6.45) is 0.0210. The number of benzene rings is 3. The molecule has 3 aromatic carbocycles. The van der Waals surface area contributed by atoms with Crippen LogP contribution < -0.4 is 9.47 Å². The van der Waals surface area contributed by atoms with E-state index < -0.39 is 5.82 Å². The highest BCUT2D eigenvalue weighted by Crippen LogP contribution is 2.36. The van der Waals surface area contributed by atoms with Crippen molar-refractivity contribution >= 4 is 23.2 Å². The van der Waals surface area contributed by atoms with Crippen LogP contribution >= 0.6 is 23.2 Å². The van der Waals surface area contributed by atoms with Crippen LogP contribution in [0, 0.1) is 24.1 Å². The fourth-order valence-corrected chi connectivity index (χ4v) is 4.70. The lowest BCUT2D eigenvalue weighted by Crippen LogP contribution is -2.38. The van der Waals surface area contributed by atoms with Gasteiger partial charge in [0.25, 0.3) is 0 Å². The molecule has 11 heteroatoms. The van der Waals surface area contributed by atoms with Gasteiger partial charge in [-0.05, 0) is 55.0 Å². The quantitative estimate of drug-likeness (QED) is 0.222. The van der Waals surface area contributed by atoms with E-state index >= 15 is 4.39 Å². The third kappa shape index (κ3) is 6.72. The van der Waals surface area contributed by atoms with E-state index in [1.165, 1.54) is 30.3 Å². The largest absolute Gasteiger partial charge is 0.492 e. The smallest absolute Gasteiger partial charge is 0.248 e. The maximum atomic E-state index is 15.4. The molecule has 206 valence electrons. The second-order valence-electron chi connectivity index (χ2n) is 9.20. The van der Waals surface area contributed by atoms with Gasteiger partial charge in [-0.15, -0.1) is 10.2 Å². The van der Waals surface area contributed by atoms with Crippen molar-refractivity contribution in [3.05, 3.63) is 87.0 Å². The van der Waals surface area contributed by atoms with E-state index in [0.717, 1.165) is 49.7 Å². The summed E-state index contributed by atoms with van der Waals surface area (Å²) in [6, 6.07) is 15.1. The van der Waals surface area contributed by atoms with Gasteiger partial charge in [-0.3, -0.25) is 4.90 Å². The van der Waals surface area contributed by atoms with E-state index in [0.29, 0.717) is 12.5 Å². The van der Waals surface area contributed by atoms with E-state index in [9.17, 15) is 0 Å². The number of hydrogen-bond acceptors (Lipinski definition) is 8. The number of nitrogens with zero attached hydrogens (tertiary/aromatic N) is 4. The molecular weight excluding hydrogens is 558 g/mol. The van der Waals surface area contributed by atoms with Crippen molar-refractivity contribution in [2.45, 2.75) is 13.3 Å². The number of aryl methyl sites for hydroxylation is 1. The molecule has 0 atom stereocenters. The lowest BCUT2D eigenvalue weighted by molar-refractivity contribution is 0.0322.